The van der Waals surface area contributed by atoms with Crippen LogP contribution >= 0.6 is 31.9 Å². The maximum Gasteiger partial charge on any atom is 0.244 e. The standard InChI is InChI=1S/C17H20Br2N4O2S/c1-13-9-15(11-22(13)12-21)23(8-4-2-3-7-20)26(24,25)17-10-14(18)5-6-16(17)19/h5-6,10,13,15H,2-4,8-9,11H2,1H3. The highest BCUT2D eigenvalue weighted by Crippen LogP contribution is 2.32. The van der Waals surface area contributed by atoms with Gasteiger partial charge >= 0.3 is 0 Å². The Labute approximate surface area is 171 Å². The van der Waals surface area contributed by atoms with E-state index in [-0.39, 0.29) is 17.0 Å². The predicted molar refractivity (Wildman–Crippen MR) is 105 cm³/mol. The molecular formula is C17H20Br2N4O2S. The fourth-order valence-electron chi connectivity index (χ4n) is 3.12. The zero-order chi connectivity index (χ0) is 19.3. The molecule has 1 fully saturated rings. The number of nitriles is 2. The SMILES string of the molecule is CC1CC(N(CCCCC#N)S(=O)(=O)c2cc(Br)ccc2Br)CN1C#N. The fraction of sp³-hybridized carbons (Fsp3) is 0.529. The molecule has 2 unspecified atom stereocenters. The Kier molecular flexibility index (Phi) is 7.48. The molecule has 0 N–H and O–H groups in total. The Bertz CT molecular complexity index is 832. The number of sulfonamides is 1. The van der Waals surface area contributed by atoms with Gasteiger partial charge in [0, 0.05) is 40.5 Å². The minimum atomic E-state index is -3.74. The third-order valence-electron chi connectivity index (χ3n) is 4.49. The minimum Gasteiger partial charge on any atom is -0.306 e. The Morgan fingerprint density at radius 1 is 1.31 bits per heavy atom. The van der Waals surface area contributed by atoms with Crippen molar-refractivity contribution in [2.45, 2.75) is 49.6 Å². The smallest absolute Gasteiger partial charge is 0.244 e. The summed E-state index contributed by atoms with van der Waals surface area (Å²) in [5, 5.41) is 18.0. The maximum absolute atomic E-state index is 13.4. The molecule has 2 rings (SSSR count). The highest BCUT2D eigenvalue weighted by Gasteiger charge is 2.39. The second-order valence-electron chi connectivity index (χ2n) is 6.30. The number of hydrogen-bond acceptors (Lipinski definition) is 5. The van der Waals surface area contributed by atoms with Crippen LogP contribution in [0.1, 0.15) is 32.6 Å². The van der Waals surface area contributed by atoms with Crippen LogP contribution in [0.2, 0.25) is 0 Å². The number of unbranched alkanes of at least 4 members (excludes halogenated alkanes) is 2. The lowest BCUT2D eigenvalue weighted by molar-refractivity contribution is 0.313. The fourth-order valence-corrected chi connectivity index (χ4v) is 6.25. The Hall–Kier alpha value is -1.13. The van der Waals surface area contributed by atoms with E-state index in [1.54, 1.807) is 23.1 Å². The highest BCUT2D eigenvalue weighted by atomic mass is 79.9. The van der Waals surface area contributed by atoms with Gasteiger partial charge in [-0.25, -0.2) is 8.42 Å². The Morgan fingerprint density at radius 3 is 2.65 bits per heavy atom. The molecule has 2 atom stereocenters. The van der Waals surface area contributed by atoms with Gasteiger partial charge in [-0.2, -0.15) is 14.8 Å². The van der Waals surface area contributed by atoms with Crippen LogP contribution in [0.25, 0.3) is 0 Å². The molecule has 0 aliphatic carbocycles. The molecular weight excluding hydrogens is 484 g/mol. The number of benzene rings is 1. The third kappa shape index (κ3) is 4.77. The van der Waals surface area contributed by atoms with Crippen molar-refractivity contribution in [1.82, 2.24) is 9.21 Å². The minimum absolute atomic E-state index is 0.00718. The van der Waals surface area contributed by atoms with E-state index in [0.29, 0.717) is 47.7 Å². The van der Waals surface area contributed by atoms with Crippen molar-refractivity contribution in [2.24, 2.45) is 0 Å². The molecule has 0 amide bonds. The molecule has 0 saturated carbocycles. The average molecular weight is 504 g/mol. The topological polar surface area (TPSA) is 88.2 Å². The maximum atomic E-state index is 13.4. The van der Waals surface area contributed by atoms with Crippen molar-refractivity contribution in [3.05, 3.63) is 27.1 Å². The first kappa shape index (κ1) is 21.2. The van der Waals surface area contributed by atoms with Crippen molar-refractivity contribution >= 4 is 41.9 Å². The summed E-state index contributed by atoms with van der Waals surface area (Å²) in [5.74, 6) is 0. The largest absolute Gasteiger partial charge is 0.306 e. The van der Waals surface area contributed by atoms with E-state index in [9.17, 15) is 13.7 Å². The van der Waals surface area contributed by atoms with E-state index in [0.717, 1.165) is 0 Å². The van der Waals surface area contributed by atoms with Gasteiger partial charge < -0.3 is 4.90 Å². The monoisotopic (exact) mass is 502 g/mol. The molecule has 140 valence electrons. The average Bonchev–Trinajstić information content (AvgIpc) is 2.97. The molecule has 1 aromatic rings. The van der Waals surface area contributed by atoms with Crippen molar-refractivity contribution in [2.75, 3.05) is 13.1 Å². The van der Waals surface area contributed by atoms with Gasteiger partial charge in [-0.05, 0) is 60.3 Å². The molecule has 6 nitrogen and oxygen atoms in total. The van der Waals surface area contributed by atoms with Gasteiger partial charge in [-0.3, -0.25) is 0 Å². The molecule has 0 spiro atoms. The molecule has 1 saturated heterocycles. The summed E-state index contributed by atoms with van der Waals surface area (Å²) in [5.41, 5.74) is 0. The number of nitrogens with zero attached hydrogens (tertiary/aromatic N) is 4. The first-order chi connectivity index (χ1) is 12.3. The normalized spacial score (nSPS) is 20.2. The lowest BCUT2D eigenvalue weighted by atomic mass is 10.2. The number of halogens is 2. The summed E-state index contributed by atoms with van der Waals surface area (Å²) in [7, 11) is -3.74. The lowest BCUT2D eigenvalue weighted by Gasteiger charge is -2.28. The van der Waals surface area contributed by atoms with Gasteiger partial charge in [0.15, 0.2) is 6.19 Å². The van der Waals surface area contributed by atoms with Crippen LogP contribution in [-0.4, -0.2) is 42.8 Å². The zero-order valence-electron chi connectivity index (χ0n) is 14.4. The van der Waals surface area contributed by atoms with Gasteiger partial charge in [0.05, 0.1) is 11.0 Å². The van der Waals surface area contributed by atoms with E-state index in [1.165, 1.54) is 4.31 Å². The van der Waals surface area contributed by atoms with Crippen LogP contribution < -0.4 is 0 Å². The van der Waals surface area contributed by atoms with E-state index in [2.05, 4.69) is 44.1 Å². The molecule has 0 aromatic heterocycles. The molecule has 1 aliphatic rings. The Balaban J connectivity index is 2.35. The molecule has 1 aliphatic heterocycles. The van der Waals surface area contributed by atoms with E-state index in [4.69, 9.17) is 5.26 Å². The van der Waals surface area contributed by atoms with E-state index < -0.39 is 10.0 Å². The molecule has 1 heterocycles. The summed E-state index contributed by atoms with van der Waals surface area (Å²) >= 11 is 6.67. The Morgan fingerprint density at radius 2 is 2.04 bits per heavy atom. The summed E-state index contributed by atoms with van der Waals surface area (Å²) in [6.07, 6.45) is 4.40. The van der Waals surface area contributed by atoms with Gasteiger partial charge in [0.2, 0.25) is 10.0 Å². The second kappa shape index (κ2) is 9.18. The van der Waals surface area contributed by atoms with Crippen molar-refractivity contribution < 1.29 is 8.42 Å². The number of hydrogen-bond donors (Lipinski definition) is 0. The van der Waals surface area contributed by atoms with E-state index >= 15 is 0 Å². The van der Waals surface area contributed by atoms with Crippen LogP contribution in [0.4, 0.5) is 0 Å². The lowest BCUT2D eigenvalue weighted by Crippen LogP contribution is -2.42. The van der Waals surface area contributed by atoms with Gasteiger partial charge in [0.25, 0.3) is 0 Å². The van der Waals surface area contributed by atoms with Crippen LogP contribution in [0.3, 0.4) is 0 Å². The molecule has 0 radical (unpaired) electrons. The van der Waals surface area contributed by atoms with E-state index in [1.807, 2.05) is 6.92 Å². The van der Waals surface area contributed by atoms with Crippen molar-refractivity contribution in [3.8, 4) is 12.3 Å². The van der Waals surface area contributed by atoms with Crippen molar-refractivity contribution in [1.29, 1.82) is 10.5 Å². The number of likely N-dealkylation sites (tertiary alicyclic amines) is 1. The highest BCUT2D eigenvalue weighted by molar-refractivity contribution is 9.11. The molecule has 26 heavy (non-hydrogen) atoms. The second-order valence-corrected chi connectivity index (χ2v) is 9.93. The summed E-state index contributed by atoms with van der Waals surface area (Å²) < 4.78 is 29.4. The molecule has 9 heteroatoms. The van der Waals surface area contributed by atoms with Gasteiger partial charge in [0.1, 0.15) is 0 Å². The summed E-state index contributed by atoms with van der Waals surface area (Å²) in [4.78, 5) is 1.83. The third-order valence-corrected chi connectivity index (χ3v) is 7.92. The first-order valence-electron chi connectivity index (χ1n) is 8.31. The predicted octanol–water partition coefficient (Wildman–Crippen LogP) is 3.84. The quantitative estimate of drug-likeness (QED) is 0.416. The summed E-state index contributed by atoms with van der Waals surface area (Å²) in [6.45, 7) is 2.65. The van der Waals surface area contributed by atoms with Crippen molar-refractivity contribution in [3.63, 3.8) is 0 Å². The number of rotatable bonds is 7. The van der Waals surface area contributed by atoms with Crippen LogP contribution in [0.15, 0.2) is 32.0 Å². The molecule has 0 bridgehead atoms. The van der Waals surface area contributed by atoms with Crippen LogP contribution in [0.5, 0.6) is 0 Å². The van der Waals surface area contributed by atoms with Crippen LogP contribution in [-0.2, 0) is 10.0 Å². The molecule has 1 aromatic carbocycles. The summed E-state index contributed by atoms with van der Waals surface area (Å²) in [6, 6.07) is 6.89. The zero-order valence-corrected chi connectivity index (χ0v) is 18.4. The van der Waals surface area contributed by atoms with Crippen LogP contribution in [0, 0.1) is 22.8 Å². The first-order valence-corrected chi connectivity index (χ1v) is 11.3. The van der Waals surface area contributed by atoms with Gasteiger partial charge in [-0.1, -0.05) is 15.9 Å². The van der Waals surface area contributed by atoms with Gasteiger partial charge in [-0.15, -0.1) is 0 Å².